The lowest BCUT2D eigenvalue weighted by Crippen LogP contribution is -2.33. The lowest BCUT2D eigenvalue weighted by molar-refractivity contribution is 0.482. The maximum atomic E-state index is 13.6. The molecule has 4 nitrogen and oxygen atoms in total. The number of hydrogen-bond donors (Lipinski definition) is 2. The Hall–Kier alpha value is -1.68. The number of sulfonamides is 1. The molecule has 0 heterocycles. The predicted octanol–water partition coefficient (Wildman–Crippen LogP) is 2.64. The van der Waals surface area contributed by atoms with Crippen molar-refractivity contribution in [1.82, 2.24) is 4.72 Å². The zero-order chi connectivity index (χ0) is 17.2. The summed E-state index contributed by atoms with van der Waals surface area (Å²) in [6.45, 7) is -0.485. The zero-order valence-electron chi connectivity index (χ0n) is 12.0. The number of halogens is 5. The highest BCUT2D eigenvalue weighted by molar-refractivity contribution is 7.89. The summed E-state index contributed by atoms with van der Waals surface area (Å²) in [7, 11) is -4.38. The molecule has 2 rings (SSSR count). The van der Waals surface area contributed by atoms with Crippen molar-refractivity contribution in [3.8, 4) is 0 Å². The van der Waals surface area contributed by atoms with Crippen LogP contribution >= 0.6 is 12.4 Å². The van der Waals surface area contributed by atoms with Crippen LogP contribution in [0.3, 0.4) is 0 Å². The average molecular weight is 385 g/mol. The lowest BCUT2D eigenvalue weighted by atomic mass is 10.1. The van der Waals surface area contributed by atoms with Crippen LogP contribution in [0.1, 0.15) is 11.6 Å². The fourth-order valence-corrected chi connectivity index (χ4v) is 3.03. The molecule has 0 fully saturated rings. The molecule has 0 aliphatic carbocycles. The van der Waals surface area contributed by atoms with Gasteiger partial charge in [0.15, 0.2) is 11.6 Å². The molecule has 0 aliphatic rings. The Balaban J connectivity index is 0.00000288. The van der Waals surface area contributed by atoms with Crippen LogP contribution in [0.15, 0.2) is 41.3 Å². The summed E-state index contributed by atoms with van der Waals surface area (Å²) in [5, 5.41) is 0. The minimum absolute atomic E-state index is 0. The number of benzene rings is 2. The molecule has 0 spiro atoms. The fraction of sp³-hybridized carbons (Fsp3) is 0.143. The second kappa shape index (κ2) is 7.93. The highest BCUT2D eigenvalue weighted by atomic mass is 35.5. The Morgan fingerprint density at radius 2 is 1.71 bits per heavy atom. The van der Waals surface area contributed by atoms with Crippen LogP contribution in [-0.4, -0.2) is 15.0 Å². The van der Waals surface area contributed by atoms with Gasteiger partial charge in [-0.2, -0.15) is 0 Å². The van der Waals surface area contributed by atoms with E-state index in [2.05, 4.69) is 0 Å². The van der Waals surface area contributed by atoms with Gasteiger partial charge in [-0.1, -0.05) is 12.1 Å². The van der Waals surface area contributed by atoms with Crippen molar-refractivity contribution < 1.29 is 26.0 Å². The van der Waals surface area contributed by atoms with E-state index in [0.29, 0.717) is 6.07 Å². The Kier molecular flexibility index (Phi) is 6.73. The van der Waals surface area contributed by atoms with Gasteiger partial charge in [-0.3, -0.25) is 0 Å². The molecule has 0 saturated carbocycles. The summed E-state index contributed by atoms with van der Waals surface area (Å²) >= 11 is 0. The molecule has 24 heavy (non-hydrogen) atoms. The van der Waals surface area contributed by atoms with Gasteiger partial charge in [-0.05, 0) is 18.2 Å². The standard InChI is InChI=1S/C14H12F4N2O2S.ClH/c15-8-4-5-9(11(17)6-8)12(19)7-20-23(21,22)13-3-1-2-10(16)14(13)18;/h1-6,12,20H,7,19H2;1H. The Bertz CT molecular complexity index is 834. The summed E-state index contributed by atoms with van der Waals surface area (Å²) < 4.78 is 78.9. The van der Waals surface area contributed by atoms with E-state index in [-0.39, 0.29) is 18.0 Å². The van der Waals surface area contributed by atoms with Crippen molar-refractivity contribution in [3.63, 3.8) is 0 Å². The highest BCUT2D eigenvalue weighted by Crippen LogP contribution is 2.19. The number of nitrogens with two attached hydrogens (primary N) is 1. The first-order chi connectivity index (χ1) is 10.7. The van der Waals surface area contributed by atoms with Crippen molar-refractivity contribution in [2.75, 3.05) is 6.54 Å². The Morgan fingerprint density at radius 1 is 1.04 bits per heavy atom. The summed E-state index contributed by atoms with van der Waals surface area (Å²) in [5.74, 6) is -4.59. The average Bonchev–Trinajstić information content (AvgIpc) is 2.47. The third-order valence-corrected chi connectivity index (χ3v) is 4.50. The Morgan fingerprint density at radius 3 is 2.33 bits per heavy atom. The van der Waals surface area contributed by atoms with E-state index in [1.54, 1.807) is 0 Å². The van der Waals surface area contributed by atoms with Gasteiger partial charge in [-0.15, -0.1) is 12.4 Å². The highest BCUT2D eigenvalue weighted by Gasteiger charge is 2.23. The van der Waals surface area contributed by atoms with Crippen molar-refractivity contribution in [3.05, 3.63) is 65.2 Å². The summed E-state index contributed by atoms with van der Waals surface area (Å²) in [6, 6.07) is 4.20. The van der Waals surface area contributed by atoms with Gasteiger partial charge in [0.05, 0.1) is 0 Å². The minimum atomic E-state index is -4.38. The molecule has 3 N–H and O–H groups in total. The van der Waals surface area contributed by atoms with E-state index < -0.39 is 50.8 Å². The van der Waals surface area contributed by atoms with Crippen molar-refractivity contribution in [2.24, 2.45) is 5.73 Å². The van der Waals surface area contributed by atoms with Crippen LogP contribution in [0.5, 0.6) is 0 Å². The third kappa shape index (κ3) is 4.44. The van der Waals surface area contributed by atoms with Gasteiger partial charge in [0, 0.05) is 24.2 Å². The minimum Gasteiger partial charge on any atom is -0.323 e. The zero-order valence-corrected chi connectivity index (χ0v) is 13.6. The second-order valence-electron chi connectivity index (χ2n) is 4.68. The van der Waals surface area contributed by atoms with E-state index >= 15 is 0 Å². The molecule has 1 atom stereocenters. The van der Waals surface area contributed by atoms with Gasteiger partial charge in [0.25, 0.3) is 0 Å². The van der Waals surface area contributed by atoms with Crippen LogP contribution in [0.2, 0.25) is 0 Å². The predicted molar refractivity (Wildman–Crippen MR) is 82.1 cm³/mol. The second-order valence-corrected chi connectivity index (χ2v) is 6.41. The fourth-order valence-electron chi connectivity index (χ4n) is 1.88. The molecular formula is C14H13ClF4N2O2S. The topological polar surface area (TPSA) is 72.2 Å². The molecule has 2 aromatic rings. The van der Waals surface area contributed by atoms with Crippen molar-refractivity contribution in [1.29, 1.82) is 0 Å². The first-order valence-corrected chi connectivity index (χ1v) is 7.85. The number of rotatable bonds is 5. The maximum absolute atomic E-state index is 13.6. The van der Waals surface area contributed by atoms with E-state index in [4.69, 9.17) is 5.73 Å². The summed E-state index contributed by atoms with van der Waals surface area (Å²) in [4.78, 5) is -0.885. The Labute approximate surface area is 142 Å². The lowest BCUT2D eigenvalue weighted by Gasteiger charge is -2.14. The van der Waals surface area contributed by atoms with Crippen LogP contribution in [0.4, 0.5) is 17.6 Å². The van der Waals surface area contributed by atoms with Gasteiger partial charge in [0.2, 0.25) is 10.0 Å². The molecule has 10 heteroatoms. The molecule has 0 bridgehead atoms. The van der Waals surface area contributed by atoms with Gasteiger partial charge in [-0.25, -0.2) is 30.7 Å². The largest absolute Gasteiger partial charge is 0.323 e. The van der Waals surface area contributed by atoms with Gasteiger partial charge in [0.1, 0.15) is 16.5 Å². The molecule has 132 valence electrons. The van der Waals surface area contributed by atoms with E-state index in [0.717, 1.165) is 30.3 Å². The monoisotopic (exact) mass is 384 g/mol. The van der Waals surface area contributed by atoms with Gasteiger partial charge >= 0.3 is 0 Å². The first-order valence-electron chi connectivity index (χ1n) is 6.36. The maximum Gasteiger partial charge on any atom is 0.243 e. The summed E-state index contributed by atoms with van der Waals surface area (Å²) in [5.41, 5.74) is 5.53. The molecule has 2 aromatic carbocycles. The molecule has 0 aliphatic heterocycles. The molecule has 0 saturated heterocycles. The molecular weight excluding hydrogens is 372 g/mol. The van der Waals surface area contributed by atoms with Crippen LogP contribution < -0.4 is 10.5 Å². The molecule has 1 unspecified atom stereocenters. The quantitative estimate of drug-likeness (QED) is 0.778. The van der Waals surface area contributed by atoms with Crippen molar-refractivity contribution >= 4 is 22.4 Å². The van der Waals surface area contributed by atoms with Gasteiger partial charge < -0.3 is 5.73 Å². The SMILES string of the molecule is Cl.NC(CNS(=O)(=O)c1cccc(F)c1F)c1ccc(F)cc1F. The summed E-state index contributed by atoms with van der Waals surface area (Å²) in [6.07, 6.45) is 0. The number of nitrogens with one attached hydrogen (secondary N) is 1. The van der Waals surface area contributed by atoms with E-state index in [1.165, 1.54) is 0 Å². The normalized spacial score (nSPS) is 12.5. The number of hydrogen-bond acceptors (Lipinski definition) is 3. The van der Waals surface area contributed by atoms with E-state index in [9.17, 15) is 26.0 Å². The van der Waals surface area contributed by atoms with Crippen molar-refractivity contribution in [2.45, 2.75) is 10.9 Å². The van der Waals surface area contributed by atoms with Crippen LogP contribution in [0.25, 0.3) is 0 Å². The van der Waals surface area contributed by atoms with E-state index in [1.807, 2.05) is 4.72 Å². The van der Waals surface area contributed by atoms with Crippen LogP contribution in [-0.2, 0) is 10.0 Å². The third-order valence-electron chi connectivity index (χ3n) is 3.06. The molecule has 0 amide bonds. The first kappa shape index (κ1) is 20.4. The molecule has 0 radical (unpaired) electrons. The molecule has 0 aromatic heterocycles. The smallest absolute Gasteiger partial charge is 0.243 e. The van der Waals surface area contributed by atoms with Crippen LogP contribution in [0, 0.1) is 23.3 Å².